The predicted octanol–water partition coefficient (Wildman–Crippen LogP) is 3.80. The van der Waals surface area contributed by atoms with Gasteiger partial charge in [0.05, 0.1) is 24.5 Å². The summed E-state index contributed by atoms with van der Waals surface area (Å²) in [4.78, 5) is 13.5. The third kappa shape index (κ3) is 5.71. The molecule has 164 valence electrons. The number of hydrogen-bond acceptors (Lipinski definition) is 6. The summed E-state index contributed by atoms with van der Waals surface area (Å²) in [6.07, 6.45) is -4.49. The van der Waals surface area contributed by atoms with Crippen molar-refractivity contribution in [1.82, 2.24) is 20.2 Å². The van der Waals surface area contributed by atoms with E-state index in [1.807, 2.05) is 13.8 Å². The van der Waals surface area contributed by atoms with Crippen LogP contribution >= 0.6 is 0 Å². The molecule has 0 atom stereocenters. The average Bonchev–Trinajstić information content (AvgIpc) is 3.18. The number of halogens is 3. The van der Waals surface area contributed by atoms with E-state index in [4.69, 9.17) is 9.47 Å². The number of tetrazole rings is 1. The van der Waals surface area contributed by atoms with Crippen LogP contribution in [0.1, 0.15) is 19.4 Å². The van der Waals surface area contributed by atoms with Gasteiger partial charge in [-0.15, -0.1) is 10.2 Å². The highest BCUT2D eigenvalue weighted by Gasteiger charge is 2.30. The molecule has 1 heterocycles. The van der Waals surface area contributed by atoms with Crippen molar-refractivity contribution in [2.45, 2.75) is 26.6 Å². The highest BCUT2D eigenvalue weighted by molar-refractivity contribution is 5.92. The van der Waals surface area contributed by atoms with Crippen LogP contribution in [0.15, 0.2) is 42.5 Å². The number of nitrogens with one attached hydrogen (secondary N) is 1. The standard InChI is InChI=1S/C20H20F3N5O3/c1-3-30-15-8-9-17(31-4-2)16(11-15)24-18(29)12-28-26-19(25-27-28)13-6-5-7-14(10-13)20(21,22)23/h5-11H,3-4,12H2,1-2H3,(H,24,29). The number of aromatic nitrogens is 4. The molecule has 11 heteroatoms. The summed E-state index contributed by atoms with van der Waals surface area (Å²) in [5.41, 5.74) is -0.266. The van der Waals surface area contributed by atoms with E-state index in [1.54, 1.807) is 18.2 Å². The molecule has 3 aromatic rings. The Hall–Kier alpha value is -3.63. The maximum atomic E-state index is 12.9. The molecule has 31 heavy (non-hydrogen) atoms. The quantitative estimate of drug-likeness (QED) is 0.579. The molecule has 0 unspecified atom stereocenters. The molecule has 0 aliphatic heterocycles. The molecule has 0 fully saturated rings. The van der Waals surface area contributed by atoms with Crippen LogP contribution < -0.4 is 14.8 Å². The van der Waals surface area contributed by atoms with Crippen molar-refractivity contribution in [3.63, 3.8) is 0 Å². The SMILES string of the molecule is CCOc1ccc(OCC)c(NC(=O)Cn2nnc(-c3cccc(C(F)(F)F)c3)n2)c1. The van der Waals surface area contributed by atoms with Crippen molar-refractivity contribution in [1.29, 1.82) is 0 Å². The summed E-state index contributed by atoms with van der Waals surface area (Å²) in [5.74, 6) is 0.539. The molecule has 0 spiro atoms. The second kappa shape index (κ2) is 9.45. The van der Waals surface area contributed by atoms with Gasteiger partial charge in [-0.05, 0) is 43.3 Å². The maximum absolute atomic E-state index is 12.9. The van der Waals surface area contributed by atoms with Gasteiger partial charge in [-0.25, -0.2) is 0 Å². The lowest BCUT2D eigenvalue weighted by Crippen LogP contribution is -2.21. The van der Waals surface area contributed by atoms with Crippen molar-refractivity contribution in [3.8, 4) is 22.9 Å². The maximum Gasteiger partial charge on any atom is 0.416 e. The van der Waals surface area contributed by atoms with Crippen LogP contribution in [0.25, 0.3) is 11.4 Å². The van der Waals surface area contributed by atoms with Crippen LogP contribution in [-0.4, -0.2) is 39.3 Å². The first-order valence-electron chi connectivity index (χ1n) is 9.45. The van der Waals surface area contributed by atoms with Gasteiger partial charge in [-0.1, -0.05) is 12.1 Å². The lowest BCUT2D eigenvalue weighted by atomic mass is 10.1. The molecule has 0 aliphatic rings. The second-order valence-corrected chi connectivity index (χ2v) is 6.29. The van der Waals surface area contributed by atoms with Crippen LogP contribution in [0.4, 0.5) is 18.9 Å². The van der Waals surface area contributed by atoms with Crippen LogP contribution in [0.3, 0.4) is 0 Å². The van der Waals surface area contributed by atoms with Crippen molar-refractivity contribution >= 4 is 11.6 Å². The zero-order chi connectivity index (χ0) is 22.4. The number of ether oxygens (including phenoxy) is 2. The Balaban J connectivity index is 1.73. The van der Waals surface area contributed by atoms with Gasteiger partial charge in [-0.2, -0.15) is 18.0 Å². The molecule has 8 nitrogen and oxygen atoms in total. The third-order valence-corrected chi connectivity index (χ3v) is 4.02. The Kier molecular flexibility index (Phi) is 6.73. The molecule has 0 aliphatic carbocycles. The largest absolute Gasteiger partial charge is 0.494 e. The van der Waals surface area contributed by atoms with Crippen molar-refractivity contribution < 1.29 is 27.4 Å². The topological polar surface area (TPSA) is 91.2 Å². The predicted molar refractivity (Wildman–Crippen MR) is 106 cm³/mol. The minimum absolute atomic E-state index is 0.0211. The van der Waals surface area contributed by atoms with E-state index in [0.29, 0.717) is 30.4 Å². The number of alkyl halides is 3. The molecule has 1 aromatic heterocycles. The van der Waals surface area contributed by atoms with Crippen LogP contribution in [0.2, 0.25) is 0 Å². The van der Waals surface area contributed by atoms with Crippen molar-refractivity contribution in [2.24, 2.45) is 0 Å². The van der Waals surface area contributed by atoms with E-state index < -0.39 is 17.6 Å². The zero-order valence-electron chi connectivity index (χ0n) is 16.8. The summed E-state index contributed by atoms with van der Waals surface area (Å²) in [6, 6.07) is 9.61. The number of hydrogen-bond donors (Lipinski definition) is 1. The first-order valence-corrected chi connectivity index (χ1v) is 9.45. The Morgan fingerprint density at radius 2 is 1.87 bits per heavy atom. The molecule has 1 N–H and O–H groups in total. The van der Waals surface area contributed by atoms with Gasteiger partial charge in [0, 0.05) is 11.6 Å². The highest BCUT2D eigenvalue weighted by atomic mass is 19.4. The van der Waals surface area contributed by atoms with Crippen LogP contribution in [0.5, 0.6) is 11.5 Å². The average molecular weight is 435 g/mol. The van der Waals surface area contributed by atoms with Gasteiger partial charge in [0.15, 0.2) is 0 Å². The molecule has 0 saturated heterocycles. The third-order valence-electron chi connectivity index (χ3n) is 4.02. The lowest BCUT2D eigenvalue weighted by molar-refractivity contribution is -0.137. The fourth-order valence-electron chi connectivity index (χ4n) is 2.72. The van der Waals surface area contributed by atoms with Gasteiger partial charge < -0.3 is 14.8 Å². The number of anilines is 1. The second-order valence-electron chi connectivity index (χ2n) is 6.29. The molecular weight excluding hydrogens is 415 g/mol. The smallest absolute Gasteiger partial charge is 0.416 e. The number of carbonyl (C=O) groups excluding carboxylic acids is 1. The minimum Gasteiger partial charge on any atom is -0.494 e. The number of nitrogens with zero attached hydrogens (tertiary/aromatic N) is 4. The Bertz CT molecular complexity index is 1050. The van der Waals surface area contributed by atoms with E-state index in [9.17, 15) is 18.0 Å². The Morgan fingerprint density at radius 1 is 1.10 bits per heavy atom. The van der Waals surface area contributed by atoms with Gasteiger partial charge in [0.25, 0.3) is 0 Å². The monoisotopic (exact) mass is 435 g/mol. The van der Waals surface area contributed by atoms with Crippen LogP contribution in [-0.2, 0) is 17.5 Å². The normalized spacial score (nSPS) is 11.3. The van der Waals surface area contributed by atoms with Gasteiger partial charge in [0.2, 0.25) is 11.7 Å². The molecule has 1 amide bonds. The molecule has 0 bridgehead atoms. The van der Waals surface area contributed by atoms with E-state index in [-0.39, 0.29) is 17.9 Å². The molecule has 2 aromatic carbocycles. The molecule has 3 rings (SSSR count). The van der Waals surface area contributed by atoms with Gasteiger partial charge >= 0.3 is 6.18 Å². The summed E-state index contributed by atoms with van der Waals surface area (Å²) in [7, 11) is 0. The van der Waals surface area contributed by atoms with Crippen molar-refractivity contribution in [2.75, 3.05) is 18.5 Å². The first-order chi connectivity index (χ1) is 14.8. The summed E-state index contributed by atoms with van der Waals surface area (Å²) < 4.78 is 49.6. The van der Waals surface area contributed by atoms with E-state index in [0.717, 1.165) is 16.9 Å². The van der Waals surface area contributed by atoms with E-state index in [2.05, 4.69) is 20.7 Å². The summed E-state index contributed by atoms with van der Waals surface area (Å²) in [5, 5.41) is 14.2. The lowest BCUT2D eigenvalue weighted by Gasteiger charge is -2.13. The number of benzene rings is 2. The fourth-order valence-corrected chi connectivity index (χ4v) is 2.72. The van der Waals surface area contributed by atoms with Crippen LogP contribution in [0, 0.1) is 0 Å². The molecule has 0 radical (unpaired) electrons. The highest BCUT2D eigenvalue weighted by Crippen LogP contribution is 2.31. The minimum atomic E-state index is -4.49. The number of carbonyl (C=O) groups is 1. The number of amides is 1. The summed E-state index contributed by atoms with van der Waals surface area (Å²) in [6.45, 7) is 4.23. The summed E-state index contributed by atoms with van der Waals surface area (Å²) >= 11 is 0. The van der Waals surface area contributed by atoms with Gasteiger partial charge in [0.1, 0.15) is 18.0 Å². The van der Waals surface area contributed by atoms with Gasteiger partial charge in [-0.3, -0.25) is 4.79 Å². The fraction of sp³-hybridized carbons (Fsp3) is 0.300. The Morgan fingerprint density at radius 3 is 2.58 bits per heavy atom. The molecule has 0 saturated carbocycles. The molecular formula is C20H20F3N5O3. The Labute approximate surface area is 176 Å². The number of rotatable bonds is 8. The van der Waals surface area contributed by atoms with E-state index in [1.165, 1.54) is 12.1 Å². The van der Waals surface area contributed by atoms with Crippen molar-refractivity contribution in [3.05, 3.63) is 48.0 Å². The zero-order valence-corrected chi connectivity index (χ0v) is 16.8. The van der Waals surface area contributed by atoms with E-state index >= 15 is 0 Å². The first kappa shape index (κ1) is 22.1.